The highest BCUT2D eigenvalue weighted by atomic mass is 32.2. The second-order valence-corrected chi connectivity index (χ2v) is 6.11. The second-order valence-electron chi connectivity index (χ2n) is 3.92. The zero-order chi connectivity index (χ0) is 12.2. The van der Waals surface area contributed by atoms with E-state index < -0.39 is 9.84 Å². The number of benzene rings is 1. The van der Waals surface area contributed by atoms with Gasteiger partial charge in [0.1, 0.15) is 0 Å². The lowest BCUT2D eigenvalue weighted by molar-refractivity contribution is 0.567. The summed E-state index contributed by atoms with van der Waals surface area (Å²) in [6, 6.07) is 7.10. The minimum atomic E-state index is -3.22. The van der Waals surface area contributed by atoms with E-state index in [9.17, 15) is 8.42 Å². The fraction of sp³-hybridized carbons (Fsp3) is 0.500. The molecule has 2 N–H and O–H groups in total. The quantitative estimate of drug-likeness (QED) is 0.856. The van der Waals surface area contributed by atoms with E-state index in [0.717, 1.165) is 5.56 Å². The van der Waals surface area contributed by atoms with Crippen molar-refractivity contribution in [2.24, 2.45) is 5.73 Å². The molecule has 1 aromatic rings. The number of aryl methyl sites for hydroxylation is 1. The molecule has 0 heterocycles. The number of hydrogen-bond acceptors (Lipinski definition) is 3. The molecule has 0 radical (unpaired) electrons. The van der Waals surface area contributed by atoms with Crippen LogP contribution < -0.4 is 5.73 Å². The van der Waals surface area contributed by atoms with Gasteiger partial charge < -0.3 is 5.73 Å². The Morgan fingerprint density at radius 3 is 2.44 bits per heavy atom. The maximum absolute atomic E-state index is 12.3. The number of sulfone groups is 1. The first-order valence-electron chi connectivity index (χ1n) is 5.53. The molecule has 1 aromatic carbocycles. The van der Waals surface area contributed by atoms with E-state index in [-0.39, 0.29) is 5.25 Å². The van der Waals surface area contributed by atoms with Crippen LogP contribution in [0.1, 0.15) is 25.3 Å². The van der Waals surface area contributed by atoms with Crippen molar-refractivity contribution in [2.75, 3.05) is 6.54 Å². The van der Waals surface area contributed by atoms with E-state index in [0.29, 0.717) is 24.3 Å². The molecular formula is C12H19NO2S. The van der Waals surface area contributed by atoms with Crippen LogP contribution in [-0.4, -0.2) is 20.2 Å². The van der Waals surface area contributed by atoms with Crippen LogP contribution in [0.25, 0.3) is 0 Å². The van der Waals surface area contributed by atoms with E-state index >= 15 is 0 Å². The predicted octanol–water partition coefficient (Wildman–Crippen LogP) is 1.90. The molecule has 3 nitrogen and oxygen atoms in total. The van der Waals surface area contributed by atoms with Crippen molar-refractivity contribution in [1.82, 2.24) is 0 Å². The van der Waals surface area contributed by atoms with E-state index in [2.05, 4.69) is 0 Å². The molecule has 0 saturated heterocycles. The Morgan fingerprint density at radius 1 is 1.31 bits per heavy atom. The first-order chi connectivity index (χ1) is 7.54. The maximum Gasteiger partial charge on any atom is 0.181 e. The fourth-order valence-corrected chi connectivity index (χ4v) is 3.85. The molecule has 0 aliphatic heterocycles. The summed E-state index contributed by atoms with van der Waals surface area (Å²) in [5, 5.41) is -0.362. The molecule has 16 heavy (non-hydrogen) atoms. The molecule has 0 saturated carbocycles. The summed E-state index contributed by atoms with van der Waals surface area (Å²) in [4.78, 5) is 0.440. The summed E-state index contributed by atoms with van der Waals surface area (Å²) >= 11 is 0. The third-order valence-corrected chi connectivity index (χ3v) is 5.30. The number of nitrogens with two attached hydrogens (primary N) is 1. The SMILES string of the molecule is CCC(CCN)S(=O)(=O)c1ccccc1C. The van der Waals surface area contributed by atoms with Gasteiger partial charge in [0.25, 0.3) is 0 Å². The molecule has 1 rings (SSSR count). The Hall–Kier alpha value is -0.870. The molecule has 0 aliphatic carbocycles. The van der Waals surface area contributed by atoms with E-state index in [4.69, 9.17) is 5.73 Å². The van der Waals surface area contributed by atoms with Crippen LogP contribution in [0.3, 0.4) is 0 Å². The fourth-order valence-electron chi connectivity index (χ4n) is 1.82. The Balaban J connectivity index is 3.15. The lowest BCUT2D eigenvalue weighted by Crippen LogP contribution is -2.24. The second kappa shape index (κ2) is 5.46. The normalized spacial score (nSPS) is 13.7. The van der Waals surface area contributed by atoms with Crippen LogP contribution >= 0.6 is 0 Å². The van der Waals surface area contributed by atoms with Gasteiger partial charge in [0.05, 0.1) is 10.1 Å². The highest BCUT2D eigenvalue weighted by Crippen LogP contribution is 2.23. The molecule has 1 atom stereocenters. The highest BCUT2D eigenvalue weighted by molar-refractivity contribution is 7.92. The van der Waals surface area contributed by atoms with Crippen molar-refractivity contribution in [2.45, 2.75) is 36.8 Å². The Bertz CT molecular complexity index is 440. The van der Waals surface area contributed by atoms with Crippen LogP contribution in [0.5, 0.6) is 0 Å². The topological polar surface area (TPSA) is 60.2 Å². The first-order valence-corrected chi connectivity index (χ1v) is 7.08. The van der Waals surface area contributed by atoms with E-state index in [1.54, 1.807) is 12.1 Å². The summed E-state index contributed by atoms with van der Waals surface area (Å²) in [6.45, 7) is 4.11. The largest absolute Gasteiger partial charge is 0.330 e. The van der Waals surface area contributed by atoms with Crippen LogP contribution in [0.15, 0.2) is 29.2 Å². The molecule has 0 bridgehead atoms. The molecule has 4 heteroatoms. The molecular weight excluding hydrogens is 222 g/mol. The molecule has 0 amide bonds. The molecule has 90 valence electrons. The zero-order valence-corrected chi connectivity index (χ0v) is 10.6. The minimum absolute atomic E-state index is 0.362. The Kier molecular flexibility index (Phi) is 4.50. The average Bonchev–Trinajstić information content (AvgIpc) is 2.26. The van der Waals surface area contributed by atoms with Gasteiger partial charge in [-0.3, -0.25) is 0 Å². The van der Waals surface area contributed by atoms with Gasteiger partial charge in [0, 0.05) is 0 Å². The van der Waals surface area contributed by atoms with Gasteiger partial charge >= 0.3 is 0 Å². The average molecular weight is 241 g/mol. The monoisotopic (exact) mass is 241 g/mol. The standard InChI is InChI=1S/C12H19NO2S/c1-3-11(8-9-13)16(14,15)12-7-5-4-6-10(12)2/h4-7,11H,3,8-9,13H2,1-2H3. The van der Waals surface area contributed by atoms with Gasteiger partial charge in [-0.2, -0.15) is 0 Å². The van der Waals surface area contributed by atoms with Crippen molar-refractivity contribution in [1.29, 1.82) is 0 Å². The first kappa shape index (κ1) is 13.2. The van der Waals surface area contributed by atoms with Crippen molar-refractivity contribution >= 4 is 9.84 Å². The smallest absolute Gasteiger partial charge is 0.181 e. The van der Waals surface area contributed by atoms with Gasteiger partial charge in [-0.25, -0.2) is 8.42 Å². The summed E-state index contributed by atoms with van der Waals surface area (Å²) in [5.41, 5.74) is 6.26. The minimum Gasteiger partial charge on any atom is -0.330 e. The summed E-state index contributed by atoms with van der Waals surface area (Å²) < 4.78 is 24.6. The lowest BCUT2D eigenvalue weighted by atomic mass is 10.2. The van der Waals surface area contributed by atoms with Crippen LogP contribution in [-0.2, 0) is 9.84 Å². The van der Waals surface area contributed by atoms with Gasteiger partial charge in [-0.15, -0.1) is 0 Å². The Labute approximate surface area is 97.6 Å². The van der Waals surface area contributed by atoms with Crippen molar-refractivity contribution < 1.29 is 8.42 Å². The van der Waals surface area contributed by atoms with Gasteiger partial charge in [-0.05, 0) is 37.9 Å². The van der Waals surface area contributed by atoms with Crippen LogP contribution in [0.2, 0.25) is 0 Å². The molecule has 0 aliphatic rings. The third-order valence-electron chi connectivity index (χ3n) is 2.78. The highest BCUT2D eigenvalue weighted by Gasteiger charge is 2.26. The summed E-state index contributed by atoms with van der Waals surface area (Å²) in [6.07, 6.45) is 1.13. The van der Waals surface area contributed by atoms with Gasteiger partial charge in [0.15, 0.2) is 9.84 Å². The van der Waals surface area contributed by atoms with Crippen LogP contribution in [0.4, 0.5) is 0 Å². The zero-order valence-electron chi connectivity index (χ0n) is 9.81. The molecule has 0 aromatic heterocycles. The molecule has 0 fully saturated rings. The van der Waals surface area contributed by atoms with Gasteiger partial charge in [-0.1, -0.05) is 25.1 Å². The Morgan fingerprint density at radius 2 is 1.94 bits per heavy atom. The van der Waals surface area contributed by atoms with Gasteiger partial charge in [0.2, 0.25) is 0 Å². The van der Waals surface area contributed by atoms with Crippen molar-refractivity contribution in [3.8, 4) is 0 Å². The summed E-state index contributed by atoms with van der Waals surface area (Å²) in [5.74, 6) is 0. The third kappa shape index (κ3) is 2.62. The number of rotatable bonds is 5. The number of hydrogen-bond donors (Lipinski definition) is 1. The maximum atomic E-state index is 12.3. The molecule has 0 spiro atoms. The lowest BCUT2D eigenvalue weighted by Gasteiger charge is -2.16. The molecule has 1 unspecified atom stereocenters. The van der Waals surface area contributed by atoms with E-state index in [1.807, 2.05) is 26.0 Å². The van der Waals surface area contributed by atoms with E-state index in [1.165, 1.54) is 0 Å². The van der Waals surface area contributed by atoms with Crippen molar-refractivity contribution in [3.05, 3.63) is 29.8 Å². The summed E-state index contributed by atoms with van der Waals surface area (Å²) in [7, 11) is -3.22. The van der Waals surface area contributed by atoms with Crippen LogP contribution in [0, 0.1) is 6.92 Å². The van der Waals surface area contributed by atoms with Crippen molar-refractivity contribution in [3.63, 3.8) is 0 Å². The predicted molar refractivity (Wildman–Crippen MR) is 66.1 cm³/mol.